The van der Waals surface area contributed by atoms with Crippen molar-refractivity contribution < 1.29 is 9.90 Å². The molecule has 0 bridgehead atoms. The van der Waals surface area contributed by atoms with E-state index >= 15 is 0 Å². The summed E-state index contributed by atoms with van der Waals surface area (Å²) < 4.78 is 4.34. The van der Waals surface area contributed by atoms with Crippen LogP contribution in [0.25, 0.3) is 10.9 Å². The third kappa shape index (κ3) is 3.20. The number of amides is 1. The molecule has 1 atom stereocenters. The fourth-order valence-corrected chi connectivity index (χ4v) is 4.77. The normalized spacial score (nSPS) is 19.8. The Bertz CT molecular complexity index is 1080. The van der Waals surface area contributed by atoms with Crippen molar-refractivity contribution in [3.63, 3.8) is 0 Å². The van der Waals surface area contributed by atoms with Crippen molar-refractivity contribution >= 4 is 16.8 Å². The zero-order valence-electron chi connectivity index (χ0n) is 17.1. The van der Waals surface area contributed by atoms with E-state index in [9.17, 15) is 9.90 Å². The third-order valence-electron chi connectivity index (χ3n) is 6.66. The summed E-state index contributed by atoms with van der Waals surface area (Å²) in [6.07, 6.45) is 8.69. The van der Waals surface area contributed by atoms with Gasteiger partial charge in [0.15, 0.2) is 0 Å². The number of aromatic nitrogens is 3. The van der Waals surface area contributed by atoms with E-state index in [2.05, 4.69) is 15.7 Å². The molecule has 5 rings (SSSR count). The first kappa shape index (κ1) is 18.3. The van der Waals surface area contributed by atoms with Gasteiger partial charge < -0.3 is 19.1 Å². The van der Waals surface area contributed by atoms with Crippen LogP contribution in [0.15, 0.2) is 30.6 Å². The number of benzene rings is 1. The van der Waals surface area contributed by atoms with Crippen LogP contribution >= 0.6 is 0 Å². The Labute approximate surface area is 170 Å². The number of carbonyl (C=O) groups excluding carboxylic acids is 1. The number of likely N-dealkylation sites (tertiary alicyclic amines) is 1. The largest absolute Gasteiger partial charge is 0.508 e. The van der Waals surface area contributed by atoms with E-state index in [0.29, 0.717) is 12.1 Å². The first-order chi connectivity index (χ1) is 14.0. The lowest BCUT2D eigenvalue weighted by atomic mass is 9.96. The lowest BCUT2D eigenvalue weighted by molar-refractivity contribution is 0.0704. The summed E-state index contributed by atoms with van der Waals surface area (Å²) in [5, 5.41) is 10.8. The Hall–Kier alpha value is -2.76. The van der Waals surface area contributed by atoms with Crippen LogP contribution in [0, 0.1) is 12.8 Å². The molecule has 1 N–H and O–H groups in total. The number of phenols is 1. The minimum absolute atomic E-state index is 0.0590. The minimum Gasteiger partial charge on any atom is -0.508 e. The van der Waals surface area contributed by atoms with Crippen LogP contribution < -0.4 is 0 Å². The molecule has 1 saturated carbocycles. The Morgan fingerprint density at radius 3 is 2.90 bits per heavy atom. The van der Waals surface area contributed by atoms with E-state index in [0.717, 1.165) is 54.3 Å². The molecule has 0 radical (unpaired) electrons. The maximum Gasteiger partial charge on any atom is 0.256 e. The van der Waals surface area contributed by atoms with Crippen LogP contribution in [0.3, 0.4) is 0 Å². The number of aromatic hydroxyl groups is 1. The standard InChI is InChI=1S/C23H28N4O2/c1-15-21(19-12-18(28)7-8-20(19)25(15)2)23(29)27-10-3-4-17(14-27)22-24-9-11-26(22)13-16-5-6-16/h7-9,11-12,16-17,28H,3-6,10,13-14H2,1-2H3. The molecule has 1 amide bonds. The summed E-state index contributed by atoms with van der Waals surface area (Å²) >= 11 is 0. The summed E-state index contributed by atoms with van der Waals surface area (Å²) in [5.41, 5.74) is 2.62. The molecule has 6 nitrogen and oxygen atoms in total. The highest BCUT2D eigenvalue weighted by Crippen LogP contribution is 2.34. The molecule has 3 aromatic rings. The number of phenolic OH excluding ortho intramolecular Hbond substituents is 1. The second-order valence-electron chi connectivity index (χ2n) is 8.69. The van der Waals surface area contributed by atoms with E-state index in [1.165, 1.54) is 12.8 Å². The van der Waals surface area contributed by atoms with E-state index in [1.807, 2.05) is 35.7 Å². The molecule has 6 heteroatoms. The third-order valence-corrected chi connectivity index (χ3v) is 6.66. The smallest absolute Gasteiger partial charge is 0.256 e. The molecule has 1 aromatic carbocycles. The van der Waals surface area contributed by atoms with Gasteiger partial charge in [-0.3, -0.25) is 4.79 Å². The monoisotopic (exact) mass is 392 g/mol. The van der Waals surface area contributed by atoms with Crippen molar-refractivity contribution in [1.29, 1.82) is 0 Å². The number of nitrogens with zero attached hydrogens (tertiary/aromatic N) is 4. The molecule has 29 heavy (non-hydrogen) atoms. The lowest BCUT2D eigenvalue weighted by Gasteiger charge is -2.33. The van der Waals surface area contributed by atoms with Crippen LogP contribution in [-0.2, 0) is 13.6 Å². The molecule has 0 spiro atoms. The molecule has 1 aliphatic heterocycles. The number of fused-ring (bicyclic) bond motifs is 1. The van der Waals surface area contributed by atoms with Gasteiger partial charge in [0.05, 0.1) is 5.56 Å². The number of piperidine rings is 1. The van der Waals surface area contributed by atoms with Crippen molar-refractivity contribution in [3.8, 4) is 5.75 Å². The second-order valence-corrected chi connectivity index (χ2v) is 8.69. The van der Waals surface area contributed by atoms with E-state index in [-0.39, 0.29) is 17.6 Å². The zero-order chi connectivity index (χ0) is 20.1. The molecule has 1 unspecified atom stereocenters. The lowest BCUT2D eigenvalue weighted by Crippen LogP contribution is -2.40. The zero-order valence-corrected chi connectivity index (χ0v) is 17.1. The Balaban J connectivity index is 1.44. The number of hydrogen-bond acceptors (Lipinski definition) is 3. The van der Waals surface area contributed by atoms with Gasteiger partial charge in [-0.25, -0.2) is 4.98 Å². The molecule has 1 aliphatic carbocycles. The summed E-state index contributed by atoms with van der Waals surface area (Å²) in [5.74, 6) is 2.46. The number of imidazole rings is 1. The van der Waals surface area contributed by atoms with Gasteiger partial charge in [-0.2, -0.15) is 0 Å². The predicted molar refractivity (Wildman–Crippen MR) is 112 cm³/mol. The van der Waals surface area contributed by atoms with Gasteiger partial charge >= 0.3 is 0 Å². The highest BCUT2D eigenvalue weighted by Gasteiger charge is 2.31. The summed E-state index contributed by atoms with van der Waals surface area (Å²) in [4.78, 5) is 20.2. The molecule has 2 fully saturated rings. The number of carbonyl (C=O) groups is 1. The molecule has 152 valence electrons. The van der Waals surface area contributed by atoms with Gasteiger partial charge in [-0.15, -0.1) is 0 Å². The second kappa shape index (κ2) is 6.94. The first-order valence-electron chi connectivity index (χ1n) is 10.6. The van der Waals surface area contributed by atoms with Crippen molar-refractivity contribution in [3.05, 3.63) is 47.7 Å². The van der Waals surface area contributed by atoms with Crippen molar-refractivity contribution in [1.82, 2.24) is 19.0 Å². The van der Waals surface area contributed by atoms with Crippen LogP contribution in [0.5, 0.6) is 5.75 Å². The molecule has 1 saturated heterocycles. The Morgan fingerprint density at radius 2 is 2.10 bits per heavy atom. The van der Waals surface area contributed by atoms with Crippen LogP contribution in [0.1, 0.15) is 53.5 Å². The summed E-state index contributed by atoms with van der Waals surface area (Å²) in [6, 6.07) is 5.26. The minimum atomic E-state index is 0.0590. The molecular weight excluding hydrogens is 364 g/mol. The van der Waals surface area contributed by atoms with Gasteiger partial charge in [0.1, 0.15) is 11.6 Å². The van der Waals surface area contributed by atoms with Gasteiger partial charge in [-0.05, 0) is 56.7 Å². The van der Waals surface area contributed by atoms with Gasteiger partial charge in [0, 0.05) is 61.6 Å². The van der Waals surface area contributed by atoms with Crippen molar-refractivity contribution in [2.24, 2.45) is 13.0 Å². The maximum absolute atomic E-state index is 13.6. The summed E-state index contributed by atoms with van der Waals surface area (Å²) in [6.45, 7) is 4.51. The molecule has 2 aromatic heterocycles. The first-order valence-corrected chi connectivity index (χ1v) is 10.6. The van der Waals surface area contributed by atoms with Gasteiger partial charge in [0.2, 0.25) is 0 Å². The van der Waals surface area contributed by atoms with E-state index in [1.54, 1.807) is 12.1 Å². The Kier molecular flexibility index (Phi) is 4.37. The molecular formula is C23H28N4O2. The SMILES string of the molecule is Cc1c(C(=O)N2CCCC(c3nccn3CC3CC3)C2)c2cc(O)ccc2n1C. The van der Waals surface area contributed by atoms with Crippen LogP contribution in [-0.4, -0.2) is 43.1 Å². The molecule has 2 aliphatic rings. The maximum atomic E-state index is 13.6. The number of aryl methyl sites for hydroxylation is 1. The fourth-order valence-electron chi connectivity index (χ4n) is 4.77. The average molecular weight is 393 g/mol. The van der Waals surface area contributed by atoms with Crippen molar-refractivity contribution in [2.45, 2.75) is 45.1 Å². The predicted octanol–water partition coefficient (Wildman–Crippen LogP) is 3.82. The topological polar surface area (TPSA) is 63.3 Å². The van der Waals surface area contributed by atoms with Gasteiger partial charge in [-0.1, -0.05) is 0 Å². The fraction of sp³-hybridized carbons (Fsp3) is 0.478. The van der Waals surface area contributed by atoms with Crippen molar-refractivity contribution in [2.75, 3.05) is 13.1 Å². The number of hydrogen-bond donors (Lipinski definition) is 1. The Morgan fingerprint density at radius 1 is 1.28 bits per heavy atom. The number of rotatable bonds is 4. The van der Waals surface area contributed by atoms with E-state index in [4.69, 9.17) is 0 Å². The average Bonchev–Trinajstić information content (AvgIpc) is 3.36. The van der Waals surface area contributed by atoms with E-state index < -0.39 is 0 Å². The highest BCUT2D eigenvalue weighted by atomic mass is 16.3. The van der Waals surface area contributed by atoms with Crippen LogP contribution in [0.2, 0.25) is 0 Å². The quantitative estimate of drug-likeness (QED) is 0.734. The van der Waals surface area contributed by atoms with Crippen LogP contribution in [0.4, 0.5) is 0 Å². The van der Waals surface area contributed by atoms with Gasteiger partial charge in [0.25, 0.3) is 5.91 Å². The summed E-state index contributed by atoms with van der Waals surface area (Å²) in [7, 11) is 1.97. The molecule has 3 heterocycles. The highest BCUT2D eigenvalue weighted by molar-refractivity contribution is 6.08.